The van der Waals surface area contributed by atoms with Crippen molar-refractivity contribution in [2.24, 2.45) is 5.73 Å². The Hall–Kier alpha value is -1.23. The van der Waals surface area contributed by atoms with Gasteiger partial charge in [-0.1, -0.05) is 0 Å². The Morgan fingerprint density at radius 3 is 2.84 bits per heavy atom. The van der Waals surface area contributed by atoms with Gasteiger partial charge in [0.25, 0.3) is 0 Å². The summed E-state index contributed by atoms with van der Waals surface area (Å²) in [5.74, 6) is -0.0878. The second kappa shape index (κ2) is 5.04. The predicted octanol–water partition coefficient (Wildman–Crippen LogP) is 1.29. The topological polar surface area (TPSA) is 80.9 Å². The molecule has 1 aromatic heterocycles. The van der Waals surface area contributed by atoms with Crippen LogP contribution in [-0.4, -0.2) is 34.4 Å². The van der Waals surface area contributed by atoms with Crippen LogP contribution in [0.2, 0.25) is 0 Å². The molecule has 3 N–H and O–H groups in total. The van der Waals surface area contributed by atoms with Gasteiger partial charge in [-0.3, -0.25) is 0 Å². The van der Waals surface area contributed by atoms with Crippen LogP contribution >= 0.6 is 0 Å². The summed E-state index contributed by atoms with van der Waals surface area (Å²) in [7, 11) is 0. The van der Waals surface area contributed by atoms with Crippen molar-refractivity contribution >= 4 is 37.6 Å². The molecule has 19 heavy (non-hydrogen) atoms. The summed E-state index contributed by atoms with van der Waals surface area (Å²) < 4.78 is 8.67. The van der Waals surface area contributed by atoms with E-state index in [2.05, 4.69) is 13.3 Å². The van der Waals surface area contributed by atoms with Crippen LogP contribution in [0, 0.1) is 0 Å². The van der Waals surface area contributed by atoms with E-state index in [4.69, 9.17) is 5.73 Å². The second-order valence-corrected chi connectivity index (χ2v) is 6.22. The number of benzene rings is 1. The van der Waals surface area contributed by atoms with Gasteiger partial charge in [0.05, 0.1) is 0 Å². The summed E-state index contributed by atoms with van der Waals surface area (Å²) >= 11 is -0.0889. The number of rotatable bonds is 2. The molecule has 1 fully saturated rings. The zero-order chi connectivity index (χ0) is 13.3. The first-order valence-electron chi connectivity index (χ1n) is 6.51. The van der Waals surface area contributed by atoms with E-state index >= 15 is 0 Å². The number of nitrogens with two attached hydrogens (primary N) is 1. The molecule has 0 radical (unpaired) electrons. The van der Waals surface area contributed by atoms with Crippen molar-refractivity contribution in [3.05, 3.63) is 18.2 Å². The van der Waals surface area contributed by atoms with E-state index in [-0.39, 0.29) is 20.9 Å². The van der Waals surface area contributed by atoms with Gasteiger partial charge in [-0.2, -0.15) is 0 Å². The van der Waals surface area contributed by atoms with E-state index in [9.17, 15) is 4.79 Å². The van der Waals surface area contributed by atoms with Gasteiger partial charge in [-0.25, -0.2) is 0 Å². The summed E-state index contributed by atoms with van der Waals surface area (Å²) in [6.45, 7) is 0. The summed E-state index contributed by atoms with van der Waals surface area (Å²) in [6, 6.07) is 5.67. The number of carbonyl (C=O) groups excluding carboxylic acids is 1. The van der Waals surface area contributed by atoms with Crippen LogP contribution < -0.4 is 11.1 Å². The third-order valence-electron chi connectivity index (χ3n) is 3.73. The molecule has 1 amide bonds. The molecule has 0 unspecified atom stereocenters. The molecule has 0 bridgehead atoms. The maximum absolute atomic E-state index is 12.4. The molecule has 0 saturated heterocycles. The fraction of sp³-hybridized carbons (Fsp3) is 0.462. The molecule has 6 heteroatoms. The molecule has 5 nitrogen and oxygen atoms in total. The normalized spacial score (nSPS) is 18.4. The molecule has 1 aliphatic carbocycles. The van der Waals surface area contributed by atoms with Gasteiger partial charge in [-0.05, 0) is 0 Å². The first kappa shape index (κ1) is 12.8. The second-order valence-electron chi connectivity index (χ2n) is 5.11. The molecule has 0 atom stereocenters. The number of hydrogen-bond acceptors (Lipinski definition) is 4. The Labute approximate surface area is 117 Å². The van der Waals surface area contributed by atoms with Crippen molar-refractivity contribution in [3.8, 4) is 0 Å². The van der Waals surface area contributed by atoms with E-state index in [0.29, 0.717) is 0 Å². The van der Waals surface area contributed by atoms with Gasteiger partial charge in [0.15, 0.2) is 0 Å². The molecule has 1 heterocycles. The zero-order valence-electron chi connectivity index (χ0n) is 10.6. The Kier molecular flexibility index (Phi) is 3.39. The molecular formula is C13H16N4OSe. The van der Waals surface area contributed by atoms with Gasteiger partial charge in [0.2, 0.25) is 0 Å². The van der Waals surface area contributed by atoms with Crippen molar-refractivity contribution < 1.29 is 4.79 Å². The number of hydrogen-bond donors (Lipinski definition) is 2. The SMILES string of the molecule is NC1(C(=O)Nc2cccc3n[se]nc23)CCCCC1. The molecule has 1 aromatic carbocycles. The van der Waals surface area contributed by atoms with Crippen LogP contribution in [0.25, 0.3) is 11.0 Å². The predicted molar refractivity (Wildman–Crippen MR) is 75.1 cm³/mol. The first-order chi connectivity index (χ1) is 9.19. The fourth-order valence-corrected chi connectivity index (χ4v) is 3.72. The Balaban J connectivity index is 1.84. The van der Waals surface area contributed by atoms with E-state index in [1.807, 2.05) is 18.2 Å². The third-order valence-corrected chi connectivity index (χ3v) is 4.87. The van der Waals surface area contributed by atoms with Gasteiger partial charge >= 0.3 is 117 Å². The van der Waals surface area contributed by atoms with Crippen molar-refractivity contribution in [1.82, 2.24) is 7.96 Å². The number of fused-ring (bicyclic) bond motifs is 1. The molecule has 0 aliphatic heterocycles. The Bertz CT molecular complexity index is 603. The fourth-order valence-electron chi connectivity index (χ4n) is 2.56. The molecule has 100 valence electrons. The van der Waals surface area contributed by atoms with Crippen LogP contribution in [0.4, 0.5) is 5.69 Å². The summed E-state index contributed by atoms with van der Waals surface area (Å²) in [4.78, 5) is 12.4. The standard InChI is InChI=1S/C13H16N4OSe/c14-13(7-2-1-3-8-13)12(18)15-9-5-4-6-10-11(9)17-19-16-10/h4-6H,1-3,7-8,14H2,(H,15,18). The molecule has 3 rings (SSSR count). The van der Waals surface area contributed by atoms with Gasteiger partial charge < -0.3 is 0 Å². The number of aromatic nitrogens is 2. The summed E-state index contributed by atoms with van der Waals surface area (Å²) in [6.07, 6.45) is 4.75. The van der Waals surface area contributed by atoms with Crippen molar-refractivity contribution in [2.75, 3.05) is 5.32 Å². The molecule has 0 spiro atoms. The summed E-state index contributed by atoms with van der Waals surface area (Å²) in [5, 5.41) is 2.94. The van der Waals surface area contributed by atoms with Crippen molar-refractivity contribution in [2.45, 2.75) is 37.6 Å². The summed E-state index contributed by atoms with van der Waals surface area (Å²) in [5.41, 5.74) is 7.92. The van der Waals surface area contributed by atoms with Crippen LogP contribution in [0.15, 0.2) is 18.2 Å². The van der Waals surface area contributed by atoms with Crippen molar-refractivity contribution in [1.29, 1.82) is 0 Å². The monoisotopic (exact) mass is 324 g/mol. The van der Waals surface area contributed by atoms with Crippen LogP contribution in [0.1, 0.15) is 32.1 Å². The van der Waals surface area contributed by atoms with Gasteiger partial charge in [0.1, 0.15) is 0 Å². The number of nitrogens with one attached hydrogen (secondary N) is 1. The average molecular weight is 323 g/mol. The van der Waals surface area contributed by atoms with Crippen LogP contribution in [-0.2, 0) is 4.79 Å². The first-order valence-corrected chi connectivity index (χ1v) is 8.04. The average Bonchev–Trinajstić information content (AvgIpc) is 2.89. The van der Waals surface area contributed by atoms with Crippen LogP contribution in [0.5, 0.6) is 0 Å². The minimum atomic E-state index is -0.720. The quantitative estimate of drug-likeness (QED) is 0.816. The maximum atomic E-state index is 12.4. The zero-order valence-corrected chi connectivity index (χ0v) is 12.3. The van der Waals surface area contributed by atoms with E-state index in [1.54, 1.807) is 0 Å². The van der Waals surface area contributed by atoms with Crippen LogP contribution in [0.3, 0.4) is 0 Å². The van der Waals surface area contributed by atoms with Crippen molar-refractivity contribution in [3.63, 3.8) is 0 Å². The number of amides is 1. The van der Waals surface area contributed by atoms with Gasteiger partial charge in [-0.15, -0.1) is 0 Å². The number of anilines is 1. The van der Waals surface area contributed by atoms with E-state index < -0.39 is 5.54 Å². The van der Waals surface area contributed by atoms with Gasteiger partial charge in [0, 0.05) is 0 Å². The Morgan fingerprint density at radius 2 is 2.05 bits per heavy atom. The van der Waals surface area contributed by atoms with E-state index in [1.165, 1.54) is 6.42 Å². The molecule has 1 aliphatic rings. The molecular weight excluding hydrogens is 307 g/mol. The molecule has 2 aromatic rings. The molecule has 1 saturated carbocycles. The van der Waals surface area contributed by atoms with E-state index in [0.717, 1.165) is 42.4 Å². The Morgan fingerprint density at radius 1 is 1.26 bits per heavy atom. The number of nitrogens with zero attached hydrogens (tertiary/aromatic N) is 2. The third kappa shape index (κ3) is 2.43. The number of carbonyl (C=O) groups is 1. The minimum absolute atomic E-state index is 0.0878.